The minimum Gasteiger partial charge on any atom is -0.497 e. The van der Waals surface area contributed by atoms with Crippen LogP contribution < -0.4 is 10.5 Å². The second-order valence-electron chi connectivity index (χ2n) is 4.46. The van der Waals surface area contributed by atoms with Gasteiger partial charge in [-0.1, -0.05) is 19.9 Å². The molecule has 1 aromatic carbocycles. The lowest BCUT2D eigenvalue weighted by Crippen LogP contribution is -2.14. The van der Waals surface area contributed by atoms with Gasteiger partial charge in [0.1, 0.15) is 5.75 Å². The summed E-state index contributed by atoms with van der Waals surface area (Å²) in [5.41, 5.74) is 8.58. The van der Waals surface area contributed by atoms with Crippen molar-refractivity contribution in [3.8, 4) is 5.75 Å². The molecule has 1 rings (SSSR count). The normalized spacial score (nSPS) is 12.1. The van der Waals surface area contributed by atoms with Crippen LogP contribution in [0.3, 0.4) is 0 Å². The van der Waals surface area contributed by atoms with Gasteiger partial charge in [0.25, 0.3) is 0 Å². The maximum absolute atomic E-state index is 6.15. The Labute approximate surface area is 105 Å². The quantitative estimate of drug-likeness (QED) is 0.879. The van der Waals surface area contributed by atoms with E-state index < -0.39 is 0 Å². The Bertz CT molecular complexity index is 326. The van der Waals surface area contributed by atoms with Crippen molar-refractivity contribution in [2.75, 3.05) is 7.11 Å². The summed E-state index contributed by atoms with van der Waals surface area (Å²) in [6, 6.07) is 6.22. The van der Waals surface area contributed by atoms with E-state index >= 15 is 0 Å². The molecule has 1 atom stereocenters. The van der Waals surface area contributed by atoms with Crippen LogP contribution in [0.25, 0.3) is 0 Å². The van der Waals surface area contributed by atoms with Gasteiger partial charge in [0, 0.05) is 6.04 Å². The number of methoxy groups -OCH3 is 1. The molecule has 2 N–H and O–H groups in total. The van der Waals surface area contributed by atoms with Crippen molar-refractivity contribution in [3.63, 3.8) is 0 Å². The van der Waals surface area contributed by atoms with Crippen molar-refractivity contribution in [2.45, 2.75) is 33.2 Å². The monoisotopic (exact) mass is 243 g/mol. The van der Waals surface area contributed by atoms with Gasteiger partial charge in [-0.15, -0.1) is 12.4 Å². The third-order valence-corrected chi connectivity index (χ3v) is 2.60. The SMILES string of the molecule is COc1ccc([C@@H](N)CC(C)C)c(C)c1.Cl. The molecule has 0 aliphatic carbocycles. The van der Waals surface area contributed by atoms with Gasteiger partial charge in [-0.3, -0.25) is 0 Å². The standard InChI is InChI=1S/C13H21NO.ClH/c1-9(2)7-13(14)12-6-5-11(15-4)8-10(12)3;/h5-6,8-9,13H,7,14H2,1-4H3;1H/t13-;/m0./s1. The van der Waals surface area contributed by atoms with Crippen LogP contribution >= 0.6 is 12.4 Å². The molecule has 0 radical (unpaired) electrons. The highest BCUT2D eigenvalue weighted by Crippen LogP contribution is 2.25. The Morgan fingerprint density at radius 1 is 1.31 bits per heavy atom. The Hall–Kier alpha value is -0.730. The van der Waals surface area contributed by atoms with Crippen LogP contribution in [0.4, 0.5) is 0 Å². The first-order valence-corrected chi connectivity index (χ1v) is 5.44. The summed E-state index contributed by atoms with van der Waals surface area (Å²) in [6.07, 6.45) is 1.02. The van der Waals surface area contributed by atoms with Crippen LogP contribution in [-0.4, -0.2) is 7.11 Å². The molecule has 92 valence electrons. The Morgan fingerprint density at radius 2 is 1.94 bits per heavy atom. The van der Waals surface area contributed by atoms with Crippen LogP contribution in [0.2, 0.25) is 0 Å². The molecule has 16 heavy (non-hydrogen) atoms. The second-order valence-corrected chi connectivity index (χ2v) is 4.46. The number of hydrogen-bond acceptors (Lipinski definition) is 2. The molecule has 0 saturated heterocycles. The van der Waals surface area contributed by atoms with Gasteiger partial charge < -0.3 is 10.5 Å². The average Bonchev–Trinajstić information content (AvgIpc) is 2.16. The molecule has 0 aliphatic rings. The number of aryl methyl sites for hydroxylation is 1. The van der Waals surface area contributed by atoms with E-state index in [-0.39, 0.29) is 18.4 Å². The maximum atomic E-state index is 6.15. The molecule has 0 aromatic heterocycles. The fourth-order valence-electron chi connectivity index (χ4n) is 1.83. The molecule has 0 heterocycles. The molecule has 0 saturated carbocycles. The summed E-state index contributed by atoms with van der Waals surface area (Å²) in [7, 11) is 1.68. The molecule has 0 bridgehead atoms. The van der Waals surface area contributed by atoms with Crippen LogP contribution in [0, 0.1) is 12.8 Å². The van der Waals surface area contributed by atoms with Gasteiger partial charge in [-0.25, -0.2) is 0 Å². The average molecular weight is 244 g/mol. The predicted octanol–water partition coefficient (Wildman–Crippen LogP) is 3.47. The molecule has 1 aromatic rings. The summed E-state index contributed by atoms with van der Waals surface area (Å²) in [6.45, 7) is 6.47. The van der Waals surface area contributed by atoms with Crippen LogP contribution in [0.15, 0.2) is 18.2 Å². The first-order chi connectivity index (χ1) is 7.04. The molecule has 0 amide bonds. The number of ether oxygens (including phenoxy) is 1. The first kappa shape index (κ1) is 15.3. The zero-order chi connectivity index (χ0) is 11.4. The van der Waals surface area contributed by atoms with Gasteiger partial charge >= 0.3 is 0 Å². The Morgan fingerprint density at radius 3 is 2.38 bits per heavy atom. The minimum absolute atomic E-state index is 0. The molecule has 0 aliphatic heterocycles. The predicted molar refractivity (Wildman–Crippen MR) is 71.4 cm³/mol. The van der Waals surface area contributed by atoms with Gasteiger partial charge in [0.15, 0.2) is 0 Å². The van der Waals surface area contributed by atoms with E-state index in [9.17, 15) is 0 Å². The number of nitrogens with two attached hydrogens (primary N) is 1. The highest BCUT2D eigenvalue weighted by molar-refractivity contribution is 5.85. The lowest BCUT2D eigenvalue weighted by molar-refractivity contribution is 0.414. The first-order valence-electron chi connectivity index (χ1n) is 5.44. The molecule has 0 unspecified atom stereocenters. The third-order valence-electron chi connectivity index (χ3n) is 2.60. The van der Waals surface area contributed by atoms with Crippen molar-refractivity contribution >= 4 is 12.4 Å². The fourth-order valence-corrected chi connectivity index (χ4v) is 1.83. The molecule has 0 spiro atoms. The van der Waals surface area contributed by atoms with Crippen LogP contribution in [0.5, 0.6) is 5.75 Å². The third kappa shape index (κ3) is 4.03. The topological polar surface area (TPSA) is 35.2 Å². The van der Waals surface area contributed by atoms with Crippen LogP contribution in [0.1, 0.15) is 37.4 Å². The zero-order valence-corrected chi connectivity index (χ0v) is 11.3. The lowest BCUT2D eigenvalue weighted by Gasteiger charge is -2.17. The van der Waals surface area contributed by atoms with Crippen molar-refractivity contribution in [3.05, 3.63) is 29.3 Å². The highest BCUT2D eigenvalue weighted by Gasteiger charge is 2.11. The zero-order valence-electron chi connectivity index (χ0n) is 10.5. The summed E-state index contributed by atoms with van der Waals surface area (Å²) >= 11 is 0. The number of rotatable bonds is 4. The Balaban J connectivity index is 0.00000225. The van der Waals surface area contributed by atoms with Gasteiger partial charge in [0.2, 0.25) is 0 Å². The van der Waals surface area contributed by atoms with E-state index in [0.29, 0.717) is 5.92 Å². The van der Waals surface area contributed by atoms with Crippen molar-refractivity contribution in [1.29, 1.82) is 0 Å². The van der Waals surface area contributed by atoms with Crippen molar-refractivity contribution in [2.24, 2.45) is 11.7 Å². The number of hydrogen-bond donors (Lipinski definition) is 1. The molecular weight excluding hydrogens is 222 g/mol. The summed E-state index contributed by atoms with van der Waals surface area (Å²) in [5.74, 6) is 1.52. The van der Waals surface area contributed by atoms with Gasteiger partial charge in [0.05, 0.1) is 7.11 Å². The van der Waals surface area contributed by atoms with Crippen LogP contribution in [-0.2, 0) is 0 Å². The smallest absolute Gasteiger partial charge is 0.119 e. The van der Waals surface area contributed by atoms with E-state index in [4.69, 9.17) is 10.5 Å². The van der Waals surface area contributed by atoms with E-state index in [0.717, 1.165) is 12.2 Å². The summed E-state index contributed by atoms with van der Waals surface area (Å²) in [5, 5.41) is 0. The van der Waals surface area contributed by atoms with E-state index in [1.165, 1.54) is 11.1 Å². The molecule has 0 fully saturated rings. The maximum Gasteiger partial charge on any atom is 0.119 e. The molecule has 2 nitrogen and oxygen atoms in total. The minimum atomic E-state index is 0. The van der Waals surface area contributed by atoms with E-state index in [1.54, 1.807) is 7.11 Å². The van der Waals surface area contributed by atoms with E-state index in [2.05, 4.69) is 26.8 Å². The van der Waals surface area contributed by atoms with Crippen molar-refractivity contribution < 1.29 is 4.74 Å². The number of halogens is 1. The van der Waals surface area contributed by atoms with E-state index in [1.807, 2.05) is 12.1 Å². The highest BCUT2D eigenvalue weighted by atomic mass is 35.5. The van der Waals surface area contributed by atoms with Gasteiger partial charge in [-0.05, 0) is 42.5 Å². The van der Waals surface area contributed by atoms with Gasteiger partial charge in [-0.2, -0.15) is 0 Å². The Kier molecular flexibility index (Phi) is 6.46. The fraction of sp³-hybridized carbons (Fsp3) is 0.538. The number of benzene rings is 1. The van der Waals surface area contributed by atoms with Crippen molar-refractivity contribution in [1.82, 2.24) is 0 Å². The summed E-state index contributed by atoms with van der Waals surface area (Å²) in [4.78, 5) is 0. The molecule has 3 heteroatoms. The molecular formula is C13H22ClNO. The summed E-state index contributed by atoms with van der Waals surface area (Å²) < 4.78 is 5.17. The second kappa shape index (κ2) is 6.77. The largest absolute Gasteiger partial charge is 0.497 e. The lowest BCUT2D eigenvalue weighted by atomic mass is 9.94.